The average Bonchev–Trinajstić information content (AvgIpc) is 2.49. The van der Waals surface area contributed by atoms with Gasteiger partial charge in [0.25, 0.3) is 0 Å². The molecule has 0 spiro atoms. The van der Waals surface area contributed by atoms with Crippen LogP contribution in [0.2, 0.25) is 0 Å². The van der Waals surface area contributed by atoms with Gasteiger partial charge in [-0.1, -0.05) is 47.5 Å². The van der Waals surface area contributed by atoms with Crippen molar-refractivity contribution < 1.29 is 4.57 Å². The monoisotopic (exact) mass is 288 g/mol. The van der Waals surface area contributed by atoms with E-state index in [1.54, 1.807) is 0 Å². The predicted octanol–water partition coefficient (Wildman–Crippen LogP) is 4.86. The van der Waals surface area contributed by atoms with Crippen LogP contribution in [-0.2, 0) is 0 Å². The maximum absolute atomic E-state index is 2.30. The van der Waals surface area contributed by atoms with Crippen molar-refractivity contribution in [3.05, 3.63) is 83.2 Å². The van der Waals surface area contributed by atoms with Crippen molar-refractivity contribution in [2.75, 3.05) is 0 Å². The number of aromatic nitrogens is 1. The van der Waals surface area contributed by atoms with Crippen LogP contribution >= 0.6 is 0 Å². The minimum Gasteiger partial charge on any atom is -0.162 e. The van der Waals surface area contributed by atoms with Crippen molar-refractivity contribution in [3.8, 4) is 16.8 Å². The first-order valence-electron chi connectivity index (χ1n) is 7.72. The molecule has 1 aromatic heterocycles. The van der Waals surface area contributed by atoms with Gasteiger partial charge in [-0.25, -0.2) is 0 Å². The highest BCUT2D eigenvalue weighted by atomic mass is 15.0. The number of rotatable bonds is 2. The smallest absolute Gasteiger partial charge is 0.162 e. The molecule has 110 valence electrons. The molecule has 3 rings (SSSR count). The summed E-state index contributed by atoms with van der Waals surface area (Å²) in [5.74, 6) is 0. The first-order valence-corrected chi connectivity index (χ1v) is 7.72. The van der Waals surface area contributed by atoms with Gasteiger partial charge in [-0.3, -0.25) is 0 Å². The highest BCUT2D eigenvalue weighted by Gasteiger charge is 2.16. The van der Waals surface area contributed by atoms with E-state index in [9.17, 15) is 0 Å². The van der Waals surface area contributed by atoms with E-state index < -0.39 is 0 Å². The molecule has 0 bridgehead atoms. The van der Waals surface area contributed by atoms with Crippen LogP contribution in [0.1, 0.15) is 22.5 Å². The molecule has 3 aromatic rings. The summed E-state index contributed by atoms with van der Waals surface area (Å²) < 4.78 is 2.30. The standard InChI is InChI=1S/C21H22N/c1-15-5-9-19(10-6-15)20-13-17(3)22(18(4)14-20)21-11-7-16(2)8-12-21/h5-14H,1-4H3/q+1. The van der Waals surface area contributed by atoms with Gasteiger partial charge in [-0.2, -0.15) is 4.57 Å². The van der Waals surface area contributed by atoms with Gasteiger partial charge in [0.05, 0.1) is 0 Å². The lowest BCUT2D eigenvalue weighted by molar-refractivity contribution is -0.609. The van der Waals surface area contributed by atoms with Crippen LogP contribution in [0.3, 0.4) is 0 Å². The molecule has 1 heteroatoms. The molecule has 0 amide bonds. The minimum absolute atomic E-state index is 1.22. The summed E-state index contributed by atoms with van der Waals surface area (Å²) in [6.45, 7) is 8.58. The summed E-state index contributed by atoms with van der Waals surface area (Å²) in [7, 11) is 0. The molecular formula is C21H22N+. The van der Waals surface area contributed by atoms with Gasteiger partial charge in [-0.15, -0.1) is 0 Å². The van der Waals surface area contributed by atoms with Gasteiger partial charge in [0, 0.05) is 38.1 Å². The van der Waals surface area contributed by atoms with Gasteiger partial charge in [-0.05, 0) is 25.0 Å². The Morgan fingerprint density at radius 2 is 1.00 bits per heavy atom. The number of nitrogens with zero attached hydrogens (tertiary/aromatic N) is 1. The van der Waals surface area contributed by atoms with Crippen molar-refractivity contribution in [3.63, 3.8) is 0 Å². The topological polar surface area (TPSA) is 3.88 Å². The average molecular weight is 288 g/mol. The number of hydrogen-bond donors (Lipinski definition) is 0. The SMILES string of the molecule is Cc1ccc(-c2cc(C)[n+](-c3ccc(C)cc3)c(C)c2)cc1. The molecule has 22 heavy (non-hydrogen) atoms. The molecule has 1 nitrogen and oxygen atoms in total. The van der Waals surface area contributed by atoms with Gasteiger partial charge in [0.1, 0.15) is 0 Å². The van der Waals surface area contributed by atoms with E-state index in [1.165, 1.54) is 39.3 Å². The zero-order valence-corrected chi connectivity index (χ0v) is 13.7. The van der Waals surface area contributed by atoms with Crippen LogP contribution in [0, 0.1) is 27.7 Å². The Balaban J connectivity index is 2.08. The van der Waals surface area contributed by atoms with E-state index in [0.29, 0.717) is 0 Å². The summed E-state index contributed by atoms with van der Waals surface area (Å²) in [4.78, 5) is 0. The van der Waals surface area contributed by atoms with Crippen molar-refractivity contribution in [2.24, 2.45) is 0 Å². The van der Waals surface area contributed by atoms with Crippen LogP contribution in [0.25, 0.3) is 16.8 Å². The van der Waals surface area contributed by atoms with E-state index in [-0.39, 0.29) is 0 Å². The Hall–Kier alpha value is -2.41. The molecule has 0 N–H and O–H groups in total. The van der Waals surface area contributed by atoms with Crippen LogP contribution in [0.15, 0.2) is 60.7 Å². The quantitative estimate of drug-likeness (QED) is 0.593. The second-order valence-corrected chi connectivity index (χ2v) is 6.06. The molecule has 0 atom stereocenters. The normalized spacial score (nSPS) is 10.7. The molecular weight excluding hydrogens is 266 g/mol. The minimum atomic E-state index is 1.22. The molecule has 0 aliphatic heterocycles. The third-order valence-corrected chi connectivity index (χ3v) is 4.11. The number of pyridine rings is 1. The van der Waals surface area contributed by atoms with E-state index in [2.05, 4.69) is 92.9 Å². The fourth-order valence-corrected chi connectivity index (χ4v) is 2.91. The predicted molar refractivity (Wildman–Crippen MR) is 92.4 cm³/mol. The van der Waals surface area contributed by atoms with Crippen molar-refractivity contribution in [1.29, 1.82) is 0 Å². The van der Waals surface area contributed by atoms with E-state index >= 15 is 0 Å². The second kappa shape index (κ2) is 5.76. The molecule has 0 aliphatic rings. The van der Waals surface area contributed by atoms with Gasteiger partial charge < -0.3 is 0 Å². The number of benzene rings is 2. The molecule has 0 fully saturated rings. The first kappa shape index (κ1) is 14.5. The van der Waals surface area contributed by atoms with Crippen molar-refractivity contribution in [1.82, 2.24) is 0 Å². The Kier molecular flexibility index (Phi) is 3.81. The maximum Gasteiger partial charge on any atom is 0.211 e. The van der Waals surface area contributed by atoms with E-state index in [1.807, 2.05) is 0 Å². The van der Waals surface area contributed by atoms with Gasteiger partial charge in [0.2, 0.25) is 5.69 Å². The first-order chi connectivity index (χ1) is 10.5. The zero-order chi connectivity index (χ0) is 15.7. The molecule has 0 unspecified atom stereocenters. The van der Waals surface area contributed by atoms with Crippen molar-refractivity contribution >= 4 is 0 Å². The van der Waals surface area contributed by atoms with Crippen LogP contribution < -0.4 is 4.57 Å². The third kappa shape index (κ3) is 2.80. The van der Waals surface area contributed by atoms with Gasteiger partial charge >= 0.3 is 0 Å². The lowest BCUT2D eigenvalue weighted by atomic mass is 10.0. The lowest BCUT2D eigenvalue weighted by Crippen LogP contribution is -2.37. The molecule has 0 aliphatic carbocycles. The van der Waals surface area contributed by atoms with Gasteiger partial charge in [0.15, 0.2) is 11.4 Å². The maximum atomic E-state index is 2.30. The zero-order valence-electron chi connectivity index (χ0n) is 13.7. The Morgan fingerprint density at radius 3 is 1.50 bits per heavy atom. The summed E-state index contributed by atoms with van der Waals surface area (Å²) in [5.41, 5.74) is 8.85. The summed E-state index contributed by atoms with van der Waals surface area (Å²) in [6.07, 6.45) is 0. The Bertz CT molecular complexity index is 773. The lowest BCUT2D eigenvalue weighted by Gasteiger charge is -2.08. The van der Waals surface area contributed by atoms with Crippen molar-refractivity contribution in [2.45, 2.75) is 27.7 Å². The number of aryl methyl sites for hydroxylation is 4. The van der Waals surface area contributed by atoms with E-state index in [0.717, 1.165) is 0 Å². The highest BCUT2D eigenvalue weighted by molar-refractivity contribution is 5.63. The van der Waals surface area contributed by atoms with E-state index in [4.69, 9.17) is 0 Å². The summed E-state index contributed by atoms with van der Waals surface area (Å²) in [5, 5.41) is 0. The fourth-order valence-electron chi connectivity index (χ4n) is 2.91. The second-order valence-electron chi connectivity index (χ2n) is 6.06. The summed E-state index contributed by atoms with van der Waals surface area (Å²) >= 11 is 0. The number of hydrogen-bond acceptors (Lipinski definition) is 0. The fraction of sp³-hybridized carbons (Fsp3) is 0.190. The molecule has 0 saturated heterocycles. The summed E-state index contributed by atoms with van der Waals surface area (Å²) in [6, 6.07) is 21.9. The van der Waals surface area contributed by atoms with Crippen LogP contribution in [-0.4, -0.2) is 0 Å². The molecule has 0 radical (unpaired) electrons. The largest absolute Gasteiger partial charge is 0.211 e. The van der Waals surface area contributed by atoms with Crippen LogP contribution in [0.4, 0.5) is 0 Å². The molecule has 2 aromatic carbocycles. The molecule has 0 saturated carbocycles. The Morgan fingerprint density at radius 1 is 0.545 bits per heavy atom. The van der Waals surface area contributed by atoms with Crippen LogP contribution in [0.5, 0.6) is 0 Å². The highest BCUT2D eigenvalue weighted by Crippen LogP contribution is 2.21. The molecule has 1 heterocycles. The third-order valence-electron chi connectivity index (χ3n) is 4.11. The Labute approximate surface area is 132 Å².